The van der Waals surface area contributed by atoms with E-state index in [1.807, 2.05) is 0 Å². The number of nitrogens with two attached hydrogens (primary N) is 1. The van der Waals surface area contributed by atoms with Crippen LogP contribution in [0.2, 0.25) is 0 Å². The molecular weight excluding hydrogens is 328 g/mol. The van der Waals surface area contributed by atoms with Crippen LogP contribution < -0.4 is 16.4 Å². The van der Waals surface area contributed by atoms with Gasteiger partial charge in [-0.15, -0.1) is 0 Å². The van der Waals surface area contributed by atoms with Crippen molar-refractivity contribution < 1.29 is 24.3 Å². The number of likely N-dealkylation sites (tertiary alicyclic amines) is 1. The molecule has 25 heavy (non-hydrogen) atoms. The third-order valence-corrected chi connectivity index (χ3v) is 5.75. The quantitative estimate of drug-likeness (QED) is 0.515. The van der Waals surface area contributed by atoms with Gasteiger partial charge in [-0.3, -0.25) is 19.3 Å². The molecule has 3 rings (SSSR count). The Bertz CT molecular complexity index is 595. The number of amides is 4. The highest BCUT2D eigenvalue weighted by Crippen LogP contribution is 2.42. The van der Waals surface area contributed by atoms with Gasteiger partial charge < -0.3 is 21.5 Å². The maximum Gasteiger partial charge on any atom is 0.407 e. The minimum absolute atomic E-state index is 0.0144. The zero-order chi connectivity index (χ0) is 18.1. The van der Waals surface area contributed by atoms with Crippen molar-refractivity contribution in [1.29, 1.82) is 0 Å². The number of carboxylic acid groups (broad SMARTS) is 1. The van der Waals surface area contributed by atoms with Gasteiger partial charge in [0, 0.05) is 19.0 Å². The van der Waals surface area contributed by atoms with Gasteiger partial charge in [0.05, 0.1) is 0 Å². The molecule has 0 aromatic rings. The molecule has 9 heteroatoms. The first-order chi connectivity index (χ1) is 11.9. The summed E-state index contributed by atoms with van der Waals surface area (Å²) in [6, 6.07) is -1.76. The minimum atomic E-state index is -1.12. The summed E-state index contributed by atoms with van der Waals surface area (Å²) in [5, 5.41) is 14.7. The van der Waals surface area contributed by atoms with E-state index in [9.17, 15) is 24.3 Å². The van der Waals surface area contributed by atoms with Crippen molar-refractivity contribution in [2.75, 3.05) is 13.1 Å². The number of nitrogens with zero attached hydrogens (tertiary/aromatic N) is 1. The molecular formula is C16H24N4O5. The largest absolute Gasteiger partial charge is 0.465 e. The lowest BCUT2D eigenvalue weighted by Gasteiger charge is -2.27. The third kappa shape index (κ3) is 3.40. The molecule has 2 aliphatic heterocycles. The van der Waals surface area contributed by atoms with E-state index in [-0.39, 0.29) is 30.1 Å². The van der Waals surface area contributed by atoms with E-state index < -0.39 is 30.0 Å². The second-order valence-electron chi connectivity index (χ2n) is 7.21. The van der Waals surface area contributed by atoms with E-state index in [1.165, 1.54) is 4.90 Å². The topological polar surface area (TPSA) is 142 Å². The first-order valence-electron chi connectivity index (χ1n) is 8.75. The van der Waals surface area contributed by atoms with E-state index in [0.717, 1.165) is 19.3 Å². The predicted molar refractivity (Wildman–Crippen MR) is 86.2 cm³/mol. The number of fused-ring (bicyclic) bond motifs is 1. The average molecular weight is 352 g/mol. The lowest BCUT2D eigenvalue weighted by atomic mass is 9.92. The normalized spacial score (nSPS) is 32.2. The van der Waals surface area contributed by atoms with Gasteiger partial charge in [-0.1, -0.05) is 6.42 Å². The SMILES string of the molecule is NC(=O)[C@H](C[C@@H]1CCNC1=O)NC(=O)C1C2CCCC2CN1C(=O)O. The van der Waals surface area contributed by atoms with Crippen LogP contribution in [0.3, 0.4) is 0 Å². The average Bonchev–Trinajstić information content (AvgIpc) is 3.21. The molecule has 4 amide bonds. The number of hydrogen-bond donors (Lipinski definition) is 4. The number of primary amides is 1. The van der Waals surface area contributed by atoms with Crippen molar-refractivity contribution in [2.24, 2.45) is 23.5 Å². The summed E-state index contributed by atoms with van der Waals surface area (Å²) in [6.07, 6.45) is 2.31. The van der Waals surface area contributed by atoms with Crippen LogP contribution in [0.15, 0.2) is 0 Å². The first kappa shape index (κ1) is 17.5. The zero-order valence-corrected chi connectivity index (χ0v) is 13.9. The molecule has 5 atom stereocenters. The summed E-state index contributed by atoms with van der Waals surface area (Å²) < 4.78 is 0. The van der Waals surface area contributed by atoms with Gasteiger partial charge in [-0.25, -0.2) is 4.79 Å². The third-order valence-electron chi connectivity index (χ3n) is 5.75. The molecule has 0 radical (unpaired) electrons. The number of hydrogen-bond acceptors (Lipinski definition) is 4. The summed E-state index contributed by atoms with van der Waals surface area (Å²) >= 11 is 0. The Labute approximate surface area is 145 Å². The molecule has 9 nitrogen and oxygen atoms in total. The van der Waals surface area contributed by atoms with Crippen LogP contribution in [0.1, 0.15) is 32.1 Å². The fraction of sp³-hybridized carbons (Fsp3) is 0.750. The molecule has 0 bridgehead atoms. The maximum absolute atomic E-state index is 12.7. The molecule has 1 saturated carbocycles. The standard InChI is InChI=1S/C16H24N4O5/c17-13(21)11(6-8-4-5-18-14(8)22)19-15(23)12-10-3-1-2-9(10)7-20(12)16(24)25/h8-12H,1-7H2,(H2,17,21)(H,18,22)(H,19,23)(H,24,25)/t8-,9?,10?,11-,12?/m0/s1. The molecule has 0 aromatic carbocycles. The van der Waals surface area contributed by atoms with Crippen molar-refractivity contribution in [3.63, 3.8) is 0 Å². The van der Waals surface area contributed by atoms with E-state index in [0.29, 0.717) is 19.5 Å². The molecule has 138 valence electrons. The molecule has 0 spiro atoms. The zero-order valence-electron chi connectivity index (χ0n) is 13.9. The smallest absolute Gasteiger partial charge is 0.407 e. The highest BCUT2D eigenvalue weighted by Gasteiger charge is 2.50. The summed E-state index contributed by atoms with van der Waals surface area (Å²) in [5.74, 6) is -1.53. The summed E-state index contributed by atoms with van der Waals surface area (Å²) in [7, 11) is 0. The number of carbonyl (C=O) groups is 4. The van der Waals surface area contributed by atoms with E-state index in [4.69, 9.17) is 5.73 Å². The van der Waals surface area contributed by atoms with Gasteiger partial charge in [-0.2, -0.15) is 0 Å². The van der Waals surface area contributed by atoms with Gasteiger partial charge in [0.25, 0.3) is 0 Å². The van der Waals surface area contributed by atoms with Crippen molar-refractivity contribution in [3.8, 4) is 0 Å². The monoisotopic (exact) mass is 352 g/mol. The van der Waals surface area contributed by atoms with Crippen LogP contribution in [-0.4, -0.2) is 59.0 Å². The number of rotatable bonds is 5. The minimum Gasteiger partial charge on any atom is -0.465 e. The predicted octanol–water partition coefficient (Wildman–Crippen LogP) is -0.739. The Morgan fingerprint density at radius 3 is 2.68 bits per heavy atom. The maximum atomic E-state index is 12.7. The van der Waals surface area contributed by atoms with E-state index in [1.54, 1.807) is 0 Å². The highest BCUT2D eigenvalue weighted by atomic mass is 16.4. The Balaban J connectivity index is 1.70. The van der Waals surface area contributed by atoms with Crippen LogP contribution in [0.25, 0.3) is 0 Å². The van der Waals surface area contributed by atoms with Crippen LogP contribution in [0.4, 0.5) is 4.79 Å². The molecule has 3 unspecified atom stereocenters. The van der Waals surface area contributed by atoms with Gasteiger partial charge in [0.2, 0.25) is 17.7 Å². The van der Waals surface area contributed by atoms with Crippen molar-refractivity contribution >= 4 is 23.8 Å². The summed E-state index contributed by atoms with van der Waals surface area (Å²) in [6.45, 7) is 0.895. The Morgan fingerprint density at radius 1 is 1.32 bits per heavy atom. The van der Waals surface area contributed by atoms with Crippen molar-refractivity contribution in [3.05, 3.63) is 0 Å². The molecule has 3 fully saturated rings. The molecule has 0 aromatic heterocycles. The fourth-order valence-electron chi connectivity index (χ4n) is 4.50. The molecule has 1 aliphatic carbocycles. The van der Waals surface area contributed by atoms with Gasteiger partial charge >= 0.3 is 6.09 Å². The Morgan fingerprint density at radius 2 is 2.08 bits per heavy atom. The van der Waals surface area contributed by atoms with Crippen LogP contribution in [-0.2, 0) is 14.4 Å². The number of nitrogens with one attached hydrogen (secondary N) is 2. The van der Waals surface area contributed by atoms with Crippen LogP contribution >= 0.6 is 0 Å². The fourth-order valence-corrected chi connectivity index (χ4v) is 4.50. The van der Waals surface area contributed by atoms with Crippen molar-refractivity contribution in [1.82, 2.24) is 15.5 Å². The lowest BCUT2D eigenvalue weighted by Crippen LogP contribution is -2.54. The van der Waals surface area contributed by atoms with E-state index >= 15 is 0 Å². The van der Waals surface area contributed by atoms with Crippen LogP contribution in [0, 0.1) is 17.8 Å². The van der Waals surface area contributed by atoms with Gasteiger partial charge in [0.15, 0.2) is 0 Å². The van der Waals surface area contributed by atoms with E-state index in [2.05, 4.69) is 10.6 Å². The number of carbonyl (C=O) groups excluding carboxylic acids is 3. The second-order valence-corrected chi connectivity index (χ2v) is 7.21. The van der Waals surface area contributed by atoms with Gasteiger partial charge in [0.1, 0.15) is 12.1 Å². The summed E-state index contributed by atoms with van der Waals surface area (Å²) in [5.41, 5.74) is 5.39. The first-order valence-corrected chi connectivity index (χ1v) is 8.75. The lowest BCUT2D eigenvalue weighted by molar-refractivity contribution is -0.131. The van der Waals surface area contributed by atoms with Crippen LogP contribution in [0.5, 0.6) is 0 Å². The molecule has 2 saturated heterocycles. The Kier molecular flexibility index (Phi) is 4.82. The van der Waals surface area contributed by atoms with Crippen molar-refractivity contribution in [2.45, 2.75) is 44.2 Å². The highest BCUT2D eigenvalue weighted by molar-refractivity contribution is 5.91. The second kappa shape index (κ2) is 6.89. The van der Waals surface area contributed by atoms with Gasteiger partial charge in [-0.05, 0) is 37.5 Å². The Hall–Kier alpha value is -2.32. The molecule has 3 aliphatic rings. The molecule has 5 N–H and O–H groups in total. The molecule has 2 heterocycles. The summed E-state index contributed by atoms with van der Waals surface area (Å²) in [4.78, 5) is 48.8.